The summed E-state index contributed by atoms with van der Waals surface area (Å²) >= 11 is 0. The van der Waals surface area contributed by atoms with Crippen molar-refractivity contribution in [2.45, 2.75) is 82.0 Å². The minimum absolute atomic E-state index is 0.00441. The number of hydrogen-bond donors (Lipinski definition) is 1. The summed E-state index contributed by atoms with van der Waals surface area (Å²) in [7, 11) is 0.324. The number of nitrogens with zero attached hydrogens (tertiary/aromatic N) is 3. The molecule has 0 radical (unpaired) electrons. The van der Waals surface area contributed by atoms with E-state index in [1.165, 1.54) is 7.11 Å². The van der Waals surface area contributed by atoms with Gasteiger partial charge in [0.25, 0.3) is 11.8 Å². The van der Waals surface area contributed by atoms with Gasteiger partial charge in [-0.25, -0.2) is 0 Å². The first kappa shape index (κ1) is 43.9. The molecule has 1 spiro atoms. The van der Waals surface area contributed by atoms with E-state index in [-0.39, 0.29) is 48.7 Å². The maximum absolute atomic E-state index is 15.7. The van der Waals surface area contributed by atoms with E-state index in [0.29, 0.717) is 72.0 Å². The van der Waals surface area contributed by atoms with Crippen molar-refractivity contribution >= 4 is 54.0 Å². The Bertz CT molecular complexity index is 2650. The van der Waals surface area contributed by atoms with Gasteiger partial charge >= 0.3 is 5.97 Å². The number of carbonyl (C=O) groups excluding carboxylic acids is 4. The van der Waals surface area contributed by atoms with Crippen molar-refractivity contribution in [2.75, 3.05) is 37.2 Å². The number of esters is 1. The van der Waals surface area contributed by atoms with Gasteiger partial charge in [0, 0.05) is 36.7 Å². The minimum atomic E-state index is -2.68. The van der Waals surface area contributed by atoms with Crippen LogP contribution in [0.25, 0.3) is 0 Å². The van der Waals surface area contributed by atoms with Crippen molar-refractivity contribution < 1.29 is 43.2 Å². The molecule has 0 aromatic heterocycles. The Kier molecular flexibility index (Phi) is 11.9. The lowest BCUT2D eigenvalue weighted by atomic mass is 9.82. The Balaban J connectivity index is 1.17. The topological polar surface area (TPSA) is 135 Å². The van der Waals surface area contributed by atoms with Crippen molar-refractivity contribution in [3.05, 3.63) is 138 Å². The number of anilines is 3. The number of unbranched alkanes of at least 4 members (excludes halogenated alkanes) is 1. The standard InChI is InChI=1S/C52H55N3O9Si/c1-33-49(65(4,5)39-24-22-38(61-2)23-25-39)46(30-47(57)54-31-35-15-7-6-14-34(35)28-37(54)32-56)64-52(33)41-29-36(21-26-42(41)53(51(52)60)27-13-12-20-48(58)62-3)55-43-17-9-11-19-45(43)63-44-18-10-8-16-40(44)50(55)59/h6-11,14-19,21-26,29,33,37,46,49,56H,12-13,20,27-28,30-32H2,1-5H3/t33-,37-,46+,49-,52+/m0/s1. The van der Waals surface area contributed by atoms with Crippen LogP contribution in [0.2, 0.25) is 18.6 Å². The Hall–Kier alpha value is -6.28. The van der Waals surface area contributed by atoms with Crippen molar-refractivity contribution in [1.29, 1.82) is 0 Å². The maximum Gasteiger partial charge on any atom is 0.305 e. The Morgan fingerprint density at radius 3 is 2.29 bits per heavy atom. The number of hydrogen-bond acceptors (Lipinski definition) is 9. The van der Waals surface area contributed by atoms with E-state index >= 15 is 4.79 Å². The van der Waals surface area contributed by atoms with E-state index in [4.69, 9.17) is 18.9 Å². The lowest BCUT2D eigenvalue weighted by Crippen LogP contribution is -2.52. The summed E-state index contributed by atoms with van der Waals surface area (Å²) in [6, 6.07) is 35.9. The molecular formula is C52H55N3O9Si. The summed E-state index contributed by atoms with van der Waals surface area (Å²) in [5, 5.41) is 11.8. The van der Waals surface area contributed by atoms with Gasteiger partial charge in [-0.1, -0.05) is 85.9 Å². The highest BCUT2D eigenvalue weighted by Gasteiger charge is 2.66. The Labute approximate surface area is 380 Å². The molecule has 1 N–H and O–H groups in total. The third-order valence-corrected chi connectivity index (χ3v) is 18.6. The number of aliphatic hydroxyl groups excluding tert-OH is 1. The fourth-order valence-corrected chi connectivity index (χ4v) is 14.9. The number of carbonyl (C=O) groups is 4. The summed E-state index contributed by atoms with van der Waals surface area (Å²) in [6.45, 7) is 7.11. The largest absolute Gasteiger partial charge is 0.497 e. The van der Waals surface area contributed by atoms with Crippen LogP contribution < -0.4 is 24.5 Å². The second-order valence-corrected chi connectivity index (χ2v) is 22.8. The second kappa shape index (κ2) is 17.6. The average Bonchev–Trinajstić information content (AvgIpc) is 3.70. The van der Waals surface area contributed by atoms with Crippen molar-refractivity contribution in [2.24, 2.45) is 5.92 Å². The predicted molar refractivity (Wildman–Crippen MR) is 250 cm³/mol. The first-order valence-corrected chi connectivity index (χ1v) is 25.5. The highest BCUT2D eigenvalue weighted by Crippen LogP contribution is 2.61. The number of fused-ring (bicyclic) bond motifs is 5. The van der Waals surface area contributed by atoms with Gasteiger partial charge in [0.1, 0.15) is 11.5 Å². The zero-order valence-corrected chi connectivity index (χ0v) is 38.5. The van der Waals surface area contributed by atoms with E-state index in [0.717, 1.165) is 22.1 Å². The zero-order valence-electron chi connectivity index (χ0n) is 37.5. The lowest BCUT2D eigenvalue weighted by molar-refractivity contribution is -0.151. The molecule has 0 aliphatic carbocycles. The third-order valence-electron chi connectivity index (χ3n) is 14.2. The van der Waals surface area contributed by atoms with Gasteiger partial charge in [-0.05, 0) is 90.5 Å². The van der Waals surface area contributed by atoms with Gasteiger partial charge in [-0.3, -0.25) is 24.1 Å². The van der Waals surface area contributed by atoms with Gasteiger partial charge in [0.05, 0.1) is 64.4 Å². The Morgan fingerprint density at radius 1 is 0.846 bits per heavy atom. The first-order valence-electron chi connectivity index (χ1n) is 22.4. The number of ether oxygens (including phenoxy) is 4. The quantitative estimate of drug-likeness (QED) is 0.0751. The third kappa shape index (κ3) is 7.58. The highest BCUT2D eigenvalue weighted by molar-refractivity contribution is 6.91. The van der Waals surface area contributed by atoms with Crippen LogP contribution in [0.3, 0.4) is 0 Å². The Morgan fingerprint density at radius 2 is 1.55 bits per heavy atom. The fourth-order valence-electron chi connectivity index (χ4n) is 10.9. The molecule has 9 rings (SSSR count). The molecular weight excluding hydrogens is 839 g/mol. The molecule has 5 aromatic carbocycles. The molecule has 1 fully saturated rings. The number of methoxy groups -OCH3 is 2. The molecule has 3 amide bonds. The zero-order chi connectivity index (χ0) is 45.6. The van der Waals surface area contributed by atoms with Crippen LogP contribution in [-0.4, -0.2) is 81.3 Å². The summed E-state index contributed by atoms with van der Waals surface area (Å²) < 4.78 is 24.2. The molecule has 1 saturated heterocycles. The molecule has 0 bridgehead atoms. The van der Waals surface area contributed by atoms with E-state index in [1.54, 1.807) is 40.0 Å². The molecule has 0 unspecified atom stereocenters. The van der Waals surface area contributed by atoms with Crippen LogP contribution in [0.15, 0.2) is 115 Å². The fraction of sp³-hybridized carbons (Fsp3) is 0.346. The van der Waals surface area contributed by atoms with Gasteiger partial charge in [0.2, 0.25) is 5.91 Å². The lowest BCUT2D eigenvalue weighted by Gasteiger charge is -2.39. The van der Waals surface area contributed by atoms with Crippen LogP contribution in [0.5, 0.6) is 17.2 Å². The summed E-state index contributed by atoms with van der Waals surface area (Å²) in [5.41, 5.74) is 3.07. The van der Waals surface area contributed by atoms with E-state index < -0.39 is 31.7 Å². The molecule has 65 heavy (non-hydrogen) atoms. The van der Waals surface area contributed by atoms with Gasteiger partial charge in [-0.2, -0.15) is 0 Å². The first-order chi connectivity index (χ1) is 31.4. The average molecular weight is 894 g/mol. The SMILES string of the molecule is COC(=O)CCCCN1C(=O)[C@]2(O[C@H](CC(=O)N3Cc4ccccc4C[C@H]3CO)[C@@H]([Si](C)(C)c3ccc(OC)cc3)[C@@H]2C)c2cc(N3C(=O)c4ccccc4Oc4ccccc43)ccc21. The van der Waals surface area contributed by atoms with Crippen molar-refractivity contribution in [3.8, 4) is 17.2 Å². The summed E-state index contributed by atoms with van der Waals surface area (Å²) in [4.78, 5) is 62.6. The van der Waals surface area contributed by atoms with Crippen molar-refractivity contribution in [3.63, 3.8) is 0 Å². The molecule has 336 valence electrons. The monoisotopic (exact) mass is 893 g/mol. The number of rotatable bonds is 12. The van der Waals surface area contributed by atoms with Crippen LogP contribution in [0, 0.1) is 5.92 Å². The molecule has 5 atom stereocenters. The molecule has 12 nitrogen and oxygen atoms in total. The van der Waals surface area contributed by atoms with E-state index in [2.05, 4.69) is 32.2 Å². The van der Waals surface area contributed by atoms with Gasteiger partial charge in [0.15, 0.2) is 11.4 Å². The van der Waals surface area contributed by atoms with E-state index in [1.807, 2.05) is 84.9 Å². The van der Waals surface area contributed by atoms with Crippen LogP contribution in [-0.2, 0) is 42.4 Å². The molecule has 13 heteroatoms. The van der Waals surface area contributed by atoms with Crippen LogP contribution in [0.4, 0.5) is 17.1 Å². The second-order valence-electron chi connectivity index (χ2n) is 18.1. The number of amides is 3. The molecule has 0 saturated carbocycles. The summed E-state index contributed by atoms with van der Waals surface area (Å²) in [5.74, 6) is 0.216. The number of benzene rings is 5. The van der Waals surface area contributed by atoms with Gasteiger partial charge < -0.3 is 33.9 Å². The number of aliphatic hydroxyl groups is 1. The highest BCUT2D eigenvalue weighted by atomic mass is 28.3. The summed E-state index contributed by atoms with van der Waals surface area (Å²) in [6.07, 6.45) is 1.08. The van der Waals surface area contributed by atoms with Crippen LogP contribution in [0.1, 0.15) is 59.7 Å². The maximum atomic E-state index is 15.7. The van der Waals surface area contributed by atoms with E-state index in [9.17, 15) is 19.5 Å². The predicted octanol–water partition coefficient (Wildman–Crippen LogP) is 8.02. The normalized spacial score (nSPS) is 22.2. The molecule has 4 heterocycles. The number of para-hydroxylation sites is 3. The van der Waals surface area contributed by atoms with Crippen molar-refractivity contribution in [1.82, 2.24) is 4.90 Å². The molecule has 4 aliphatic heterocycles. The minimum Gasteiger partial charge on any atom is -0.497 e. The molecule has 5 aromatic rings. The van der Waals surface area contributed by atoms with Crippen LogP contribution >= 0.6 is 0 Å². The van der Waals surface area contributed by atoms with Gasteiger partial charge in [-0.15, -0.1) is 0 Å². The molecule has 4 aliphatic rings. The smallest absolute Gasteiger partial charge is 0.305 e.